The topological polar surface area (TPSA) is 116 Å². The van der Waals surface area contributed by atoms with E-state index < -0.39 is 11.7 Å². The van der Waals surface area contributed by atoms with Crippen molar-refractivity contribution in [3.8, 4) is 23.1 Å². The number of ether oxygens (including phenoxy) is 2. The summed E-state index contributed by atoms with van der Waals surface area (Å²) in [6, 6.07) is 11.1. The standard InChI is InChI=1S/C21H23N5O3/c1-14(2)11-21(3,29-20(23)27)13-28-18-5-4-15(10-16(18)12-22)17-6-8-24-19-7-9-25-26(17)19/h4-10,14H,11,13H2,1-3H3,(H2,23,27). The summed E-state index contributed by atoms with van der Waals surface area (Å²) < 4.78 is 12.9. The van der Waals surface area contributed by atoms with Crippen LogP contribution >= 0.6 is 0 Å². The minimum absolute atomic E-state index is 0.0841. The number of rotatable bonds is 7. The van der Waals surface area contributed by atoms with E-state index >= 15 is 0 Å². The van der Waals surface area contributed by atoms with Crippen LogP contribution in [0.2, 0.25) is 0 Å². The van der Waals surface area contributed by atoms with Crippen molar-refractivity contribution in [2.45, 2.75) is 32.8 Å². The van der Waals surface area contributed by atoms with Gasteiger partial charge in [-0.15, -0.1) is 0 Å². The maximum Gasteiger partial charge on any atom is 0.405 e. The zero-order chi connectivity index (χ0) is 21.0. The van der Waals surface area contributed by atoms with Crippen LogP contribution < -0.4 is 10.5 Å². The highest BCUT2D eigenvalue weighted by Gasteiger charge is 2.30. The van der Waals surface area contributed by atoms with E-state index in [0.29, 0.717) is 17.7 Å². The van der Waals surface area contributed by atoms with Crippen LogP contribution in [-0.4, -0.2) is 32.9 Å². The van der Waals surface area contributed by atoms with Crippen LogP contribution in [0.3, 0.4) is 0 Å². The van der Waals surface area contributed by atoms with E-state index in [-0.39, 0.29) is 12.5 Å². The van der Waals surface area contributed by atoms with Gasteiger partial charge >= 0.3 is 6.09 Å². The number of hydrogen-bond donors (Lipinski definition) is 1. The van der Waals surface area contributed by atoms with Crippen LogP contribution in [0, 0.1) is 17.2 Å². The third kappa shape index (κ3) is 4.63. The van der Waals surface area contributed by atoms with E-state index in [4.69, 9.17) is 15.2 Å². The highest BCUT2D eigenvalue weighted by molar-refractivity contribution is 5.66. The normalized spacial score (nSPS) is 13.1. The molecular formula is C21H23N5O3. The van der Waals surface area contributed by atoms with Crippen LogP contribution in [0.25, 0.3) is 16.9 Å². The molecule has 0 aliphatic carbocycles. The van der Waals surface area contributed by atoms with Crippen molar-refractivity contribution in [3.63, 3.8) is 0 Å². The van der Waals surface area contributed by atoms with Gasteiger partial charge < -0.3 is 15.2 Å². The lowest BCUT2D eigenvalue weighted by Crippen LogP contribution is -2.41. The first-order valence-electron chi connectivity index (χ1n) is 9.26. The van der Waals surface area contributed by atoms with E-state index in [2.05, 4.69) is 16.2 Å². The zero-order valence-electron chi connectivity index (χ0n) is 16.6. The summed E-state index contributed by atoms with van der Waals surface area (Å²) >= 11 is 0. The second-order valence-corrected chi connectivity index (χ2v) is 7.51. The Morgan fingerprint density at radius 3 is 2.79 bits per heavy atom. The number of carbonyl (C=O) groups is 1. The predicted octanol–water partition coefficient (Wildman–Crippen LogP) is 3.55. The van der Waals surface area contributed by atoms with Gasteiger partial charge in [-0.3, -0.25) is 0 Å². The maximum atomic E-state index is 11.3. The van der Waals surface area contributed by atoms with Crippen LogP contribution in [0.4, 0.5) is 4.79 Å². The largest absolute Gasteiger partial charge is 0.488 e. The number of benzene rings is 1. The fourth-order valence-electron chi connectivity index (χ4n) is 3.42. The molecule has 29 heavy (non-hydrogen) atoms. The molecule has 150 valence electrons. The number of nitrogens with zero attached hydrogens (tertiary/aromatic N) is 4. The third-order valence-electron chi connectivity index (χ3n) is 4.41. The maximum absolute atomic E-state index is 11.3. The minimum Gasteiger partial charge on any atom is -0.488 e. The molecular weight excluding hydrogens is 370 g/mol. The Morgan fingerprint density at radius 1 is 1.31 bits per heavy atom. The van der Waals surface area contributed by atoms with Crippen LogP contribution in [0.15, 0.2) is 42.7 Å². The van der Waals surface area contributed by atoms with Gasteiger partial charge in [0.25, 0.3) is 0 Å². The number of nitrogens with two attached hydrogens (primary N) is 1. The first-order valence-corrected chi connectivity index (χ1v) is 9.26. The quantitative estimate of drug-likeness (QED) is 0.656. The number of carbonyl (C=O) groups excluding carboxylic acids is 1. The lowest BCUT2D eigenvalue weighted by Gasteiger charge is -2.30. The van der Waals surface area contributed by atoms with Crippen molar-refractivity contribution in [2.24, 2.45) is 11.7 Å². The molecule has 0 bridgehead atoms. The number of fused-ring (bicyclic) bond motifs is 1. The molecule has 0 saturated heterocycles. The van der Waals surface area contributed by atoms with E-state index in [1.165, 1.54) is 0 Å². The molecule has 1 unspecified atom stereocenters. The minimum atomic E-state index is -0.891. The van der Waals surface area contributed by atoms with Crippen LogP contribution in [0.5, 0.6) is 5.75 Å². The SMILES string of the molecule is CC(C)CC(C)(COc1ccc(-c2ccnc3ccnn23)cc1C#N)OC(N)=O. The first kappa shape index (κ1) is 20.1. The summed E-state index contributed by atoms with van der Waals surface area (Å²) in [4.78, 5) is 15.5. The monoisotopic (exact) mass is 393 g/mol. The average Bonchev–Trinajstić information content (AvgIpc) is 3.13. The molecule has 1 atom stereocenters. The Morgan fingerprint density at radius 2 is 2.10 bits per heavy atom. The molecule has 2 heterocycles. The van der Waals surface area contributed by atoms with Gasteiger partial charge in [0.1, 0.15) is 24.0 Å². The van der Waals surface area contributed by atoms with Crippen molar-refractivity contribution < 1.29 is 14.3 Å². The molecule has 2 aromatic heterocycles. The van der Waals surface area contributed by atoms with Gasteiger partial charge in [0.2, 0.25) is 0 Å². The molecule has 2 N–H and O–H groups in total. The molecule has 8 heteroatoms. The number of hydrogen-bond acceptors (Lipinski definition) is 6. The van der Waals surface area contributed by atoms with Crippen molar-refractivity contribution >= 4 is 11.7 Å². The Bertz CT molecular complexity index is 1070. The molecule has 1 amide bonds. The number of aromatic nitrogens is 3. The van der Waals surface area contributed by atoms with Crippen molar-refractivity contribution in [1.82, 2.24) is 14.6 Å². The molecule has 8 nitrogen and oxygen atoms in total. The summed E-state index contributed by atoms with van der Waals surface area (Å²) in [5, 5.41) is 13.9. The molecule has 0 fully saturated rings. The van der Waals surface area contributed by atoms with Crippen LogP contribution in [-0.2, 0) is 4.74 Å². The first-order chi connectivity index (χ1) is 13.8. The van der Waals surface area contributed by atoms with Gasteiger partial charge in [0.15, 0.2) is 5.65 Å². The smallest absolute Gasteiger partial charge is 0.405 e. The Hall–Kier alpha value is -3.60. The lowest BCUT2D eigenvalue weighted by atomic mass is 9.95. The van der Waals surface area contributed by atoms with E-state index in [0.717, 1.165) is 16.9 Å². The lowest BCUT2D eigenvalue weighted by molar-refractivity contribution is -0.0186. The fourth-order valence-corrected chi connectivity index (χ4v) is 3.42. The molecule has 3 aromatic rings. The van der Waals surface area contributed by atoms with Gasteiger partial charge in [0.05, 0.1) is 17.5 Å². The molecule has 0 aliphatic rings. The van der Waals surface area contributed by atoms with Crippen molar-refractivity contribution in [2.75, 3.05) is 6.61 Å². The molecule has 0 aliphatic heterocycles. The molecule has 1 aromatic carbocycles. The van der Waals surface area contributed by atoms with Gasteiger partial charge in [-0.05, 0) is 43.5 Å². The van der Waals surface area contributed by atoms with Gasteiger partial charge in [-0.25, -0.2) is 14.3 Å². The van der Waals surface area contributed by atoms with E-state index in [1.54, 1.807) is 42.0 Å². The third-order valence-corrected chi connectivity index (χ3v) is 4.41. The van der Waals surface area contributed by atoms with Crippen molar-refractivity contribution in [1.29, 1.82) is 5.26 Å². The molecule has 0 radical (unpaired) electrons. The number of primary amides is 1. The van der Waals surface area contributed by atoms with Gasteiger partial charge in [-0.2, -0.15) is 10.4 Å². The van der Waals surface area contributed by atoms with Crippen LogP contribution in [0.1, 0.15) is 32.8 Å². The summed E-state index contributed by atoms with van der Waals surface area (Å²) in [6.45, 7) is 5.89. The second-order valence-electron chi connectivity index (χ2n) is 7.51. The number of amides is 1. The Labute approximate surface area is 168 Å². The highest BCUT2D eigenvalue weighted by atomic mass is 16.6. The van der Waals surface area contributed by atoms with E-state index in [9.17, 15) is 10.1 Å². The van der Waals surface area contributed by atoms with Gasteiger partial charge in [-0.1, -0.05) is 13.8 Å². The second kappa shape index (κ2) is 8.19. The Kier molecular flexibility index (Phi) is 5.69. The zero-order valence-corrected chi connectivity index (χ0v) is 16.6. The average molecular weight is 393 g/mol. The summed E-state index contributed by atoms with van der Waals surface area (Å²) in [6.07, 6.45) is 3.09. The summed E-state index contributed by atoms with van der Waals surface area (Å²) in [5.74, 6) is 0.675. The summed E-state index contributed by atoms with van der Waals surface area (Å²) in [5.41, 5.74) is 7.03. The van der Waals surface area contributed by atoms with E-state index in [1.807, 2.05) is 26.0 Å². The number of nitriles is 1. The molecule has 0 spiro atoms. The predicted molar refractivity (Wildman–Crippen MR) is 107 cm³/mol. The van der Waals surface area contributed by atoms with Crippen molar-refractivity contribution in [3.05, 3.63) is 48.3 Å². The summed E-state index contributed by atoms with van der Waals surface area (Å²) in [7, 11) is 0. The molecule has 3 rings (SSSR count). The molecule has 0 saturated carbocycles. The fraction of sp³-hybridized carbons (Fsp3) is 0.333. The van der Waals surface area contributed by atoms with Gasteiger partial charge in [0, 0.05) is 17.8 Å². The highest BCUT2D eigenvalue weighted by Crippen LogP contribution is 2.28. The Balaban J connectivity index is 1.87.